The first-order valence-electron chi connectivity index (χ1n) is 6.18. The van der Waals surface area contributed by atoms with Crippen molar-refractivity contribution in [2.75, 3.05) is 7.05 Å². The molecule has 0 radical (unpaired) electrons. The van der Waals surface area contributed by atoms with Gasteiger partial charge in [0.1, 0.15) is 5.75 Å². The molecule has 0 spiro atoms. The van der Waals surface area contributed by atoms with E-state index in [4.69, 9.17) is 5.26 Å². The summed E-state index contributed by atoms with van der Waals surface area (Å²) in [6.45, 7) is 0.197. The molecule has 0 unspecified atom stereocenters. The number of benzene rings is 2. The summed E-state index contributed by atoms with van der Waals surface area (Å²) in [5, 5.41) is 17.9. The van der Waals surface area contributed by atoms with E-state index in [0.717, 1.165) is 5.56 Å². The largest absolute Gasteiger partial charge is 0.508 e. The van der Waals surface area contributed by atoms with Gasteiger partial charge in [0, 0.05) is 13.6 Å². The average Bonchev–Trinajstić information content (AvgIpc) is 2.49. The van der Waals surface area contributed by atoms with E-state index in [9.17, 15) is 13.5 Å². The maximum atomic E-state index is 12.4. The van der Waals surface area contributed by atoms with E-state index in [2.05, 4.69) is 0 Å². The number of nitrogens with zero attached hydrogens (tertiary/aromatic N) is 2. The minimum atomic E-state index is -3.61. The van der Waals surface area contributed by atoms with E-state index < -0.39 is 10.0 Å². The predicted molar refractivity (Wildman–Crippen MR) is 77.9 cm³/mol. The maximum Gasteiger partial charge on any atom is 0.243 e. The Morgan fingerprint density at radius 3 is 2.19 bits per heavy atom. The number of nitriles is 1. The van der Waals surface area contributed by atoms with Crippen molar-refractivity contribution >= 4 is 10.0 Å². The highest BCUT2D eigenvalue weighted by molar-refractivity contribution is 7.89. The van der Waals surface area contributed by atoms with Crippen LogP contribution in [0.15, 0.2) is 53.4 Å². The fourth-order valence-electron chi connectivity index (χ4n) is 1.82. The van der Waals surface area contributed by atoms with Crippen molar-refractivity contribution in [3.63, 3.8) is 0 Å². The van der Waals surface area contributed by atoms with E-state index in [1.807, 2.05) is 6.07 Å². The third-order valence-corrected chi connectivity index (χ3v) is 4.85. The average molecular weight is 302 g/mol. The molecule has 2 aromatic rings. The lowest BCUT2D eigenvalue weighted by atomic mass is 10.2. The molecule has 0 aliphatic rings. The number of phenolic OH excluding ortho intramolecular Hbond substituents is 1. The first-order valence-corrected chi connectivity index (χ1v) is 7.62. The number of sulfonamides is 1. The summed E-state index contributed by atoms with van der Waals surface area (Å²) >= 11 is 0. The van der Waals surface area contributed by atoms with Gasteiger partial charge in [0.25, 0.3) is 0 Å². The number of rotatable bonds is 4. The highest BCUT2D eigenvalue weighted by Crippen LogP contribution is 2.18. The maximum absolute atomic E-state index is 12.4. The lowest BCUT2D eigenvalue weighted by Gasteiger charge is -2.17. The Hall–Kier alpha value is -2.36. The summed E-state index contributed by atoms with van der Waals surface area (Å²) in [7, 11) is -2.12. The van der Waals surface area contributed by atoms with Crippen LogP contribution in [0.2, 0.25) is 0 Å². The van der Waals surface area contributed by atoms with Gasteiger partial charge in [-0.25, -0.2) is 8.42 Å². The number of hydrogen-bond donors (Lipinski definition) is 1. The molecule has 0 heterocycles. The van der Waals surface area contributed by atoms with E-state index in [0.29, 0.717) is 5.56 Å². The zero-order valence-electron chi connectivity index (χ0n) is 11.4. The van der Waals surface area contributed by atoms with Crippen molar-refractivity contribution in [1.29, 1.82) is 5.26 Å². The lowest BCUT2D eigenvalue weighted by molar-refractivity contribution is 0.463. The fraction of sp³-hybridized carbons (Fsp3) is 0.133. The first-order chi connectivity index (χ1) is 9.93. The smallest absolute Gasteiger partial charge is 0.243 e. The Labute approximate surface area is 123 Å². The van der Waals surface area contributed by atoms with E-state index in [1.165, 1.54) is 47.8 Å². The zero-order valence-corrected chi connectivity index (χ0v) is 12.2. The minimum Gasteiger partial charge on any atom is -0.508 e. The Bertz CT molecular complexity index is 760. The van der Waals surface area contributed by atoms with Crippen molar-refractivity contribution < 1.29 is 13.5 Å². The highest BCUT2D eigenvalue weighted by atomic mass is 32.2. The van der Waals surface area contributed by atoms with Crippen LogP contribution in [0.3, 0.4) is 0 Å². The Balaban J connectivity index is 2.21. The molecule has 0 saturated carbocycles. The Kier molecular flexibility index (Phi) is 4.26. The molecule has 0 fully saturated rings. The van der Waals surface area contributed by atoms with Crippen LogP contribution in [0.25, 0.3) is 0 Å². The quantitative estimate of drug-likeness (QED) is 0.937. The van der Waals surface area contributed by atoms with Gasteiger partial charge in [-0.2, -0.15) is 9.57 Å². The Morgan fingerprint density at radius 2 is 1.67 bits per heavy atom. The van der Waals surface area contributed by atoms with Crippen LogP contribution in [-0.2, 0) is 16.6 Å². The van der Waals surface area contributed by atoms with Gasteiger partial charge >= 0.3 is 0 Å². The predicted octanol–water partition coefficient (Wildman–Crippen LogP) is 2.08. The molecule has 21 heavy (non-hydrogen) atoms. The molecule has 6 heteroatoms. The topological polar surface area (TPSA) is 81.4 Å². The fourth-order valence-corrected chi connectivity index (χ4v) is 2.98. The Morgan fingerprint density at radius 1 is 1.10 bits per heavy atom. The second-order valence-corrected chi connectivity index (χ2v) is 6.61. The van der Waals surface area contributed by atoms with Crippen molar-refractivity contribution in [1.82, 2.24) is 4.31 Å². The van der Waals surface area contributed by atoms with Gasteiger partial charge in [-0.3, -0.25) is 0 Å². The van der Waals surface area contributed by atoms with E-state index in [1.54, 1.807) is 12.1 Å². The molecule has 0 atom stereocenters. The third kappa shape index (κ3) is 3.40. The van der Waals surface area contributed by atoms with Gasteiger partial charge < -0.3 is 5.11 Å². The molecule has 0 aromatic heterocycles. The molecule has 0 aliphatic heterocycles. The van der Waals surface area contributed by atoms with Crippen molar-refractivity contribution in [3.05, 3.63) is 59.7 Å². The molecule has 0 bridgehead atoms. The summed E-state index contributed by atoms with van der Waals surface area (Å²) in [5.41, 5.74) is 1.18. The second kappa shape index (κ2) is 5.95. The van der Waals surface area contributed by atoms with Crippen LogP contribution in [0.5, 0.6) is 5.75 Å². The summed E-state index contributed by atoms with van der Waals surface area (Å²) in [4.78, 5) is 0.141. The molecule has 0 aliphatic carbocycles. The summed E-state index contributed by atoms with van der Waals surface area (Å²) in [6, 6.07) is 14.1. The normalized spacial score (nSPS) is 11.3. The van der Waals surface area contributed by atoms with Gasteiger partial charge in [-0.15, -0.1) is 0 Å². The molecule has 2 aromatic carbocycles. The summed E-state index contributed by atoms with van der Waals surface area (Å²) in [5.74, 6) is 0.136. The molecule has 0 amide bonds. The van der Waals surface area contributed by atoms with Gasteiger partial charge in [0.2, 0.25) is 10.0 Å². The van der Waals surface area contributed by atoms with Crippen LogP contribution in [0.4, 0.5) is 0 Å². The number of phenols is 1. The van der Waals surface area contributed by atoms with Gasteiger partial charge in [0.05, 0.1) is 16.5 Å². The summed E-state index contributed by atoms with van der Waals surface area (Å²) < 4.78 is 26.0. The molecular formula is C15H14N2O3S. The molecule has 2 rings (SSSR count). The van der Waals surface area contributed by atoms with Crippen LogP contribution < -0.4 is 0 Å². The van der Waals surface area contributed by atoms with Gasteiger partial charge in [-0.1, -0.05) is 12.1 Å². The van der Waals surface area contributed by atoms with Crippen LogP contribution in [-0.4, -0.2) is 24.9 Å². The molecule has 0 saturated heterocycles. The van der Waals surface area contributed by atoms with E-state index >= 15 is 0 Å². The summed E-state index contributed by atoms with van der Waals surface area (Å²) in [6.07, 6.45) is 0. The first kappa shape index (κ1) is 15.0. The van der Waals surface area contributed by atoms with Crippen molar-refractivity contribution in [3.8, 4) is 11.8 Å². The molecule has 5 nitrogen and oxygen atoms in total. The third-order valence-electron chi connectivity index (χ3n) is 3.03. The van der Waals surface area contributed by atoms with Crippen molar-refractivity contribution in [2.24, 2.45) is 0 Å². The van der Waals surface area contributed by atoms with Crippen molar-refractivity contribution in [2.45, 2.75) is 11.4 Å². The number of aromatic hydroxyl groups is 1. The highest BCUT2D eigenvalue weighted by Gasteiger charge is 2.20. The monoisotopic (exact) mass is 302 g/mol. The van der Waals surface area contributed by atoms with E-state index in [-0.39, 0.29) is 17.2 Å². The molecule has 108 valence electrons. The zero-order chi connectivity index (χ0) is 15.5. The lowest BCUT2D eigenvalue weighted by Crippen LogP contribution is -2.26. The van der Waals surface area contributed by atoms with Gasteiger partial charge in [-0.05, 0) is 42.0 Å². The SMILES string of the molecule is CN(Cc1ccc(O)cc1)S(=O)(=O)c1ccc(C#N)cc1. The van der Waals surface area contributed by atoms with Gasteiger partial charge in [0.15, 0.2) is 0 Å². The molecule has 1 N–H and O–H groups in total. The molecular weight excluding hydrogens is 288 g/mol. The van der Waals surface area contributed by atoms with Crippen LogP contribution in [0.1, 0.15) is 11.1 Å². The second-order valence-electron chi connectivity index (χ2n) is 4.56. The van der Waals surface area contributed by atoms with Crippen LogP contribution in [0, 0.1) is 11.3 Å². The van der Waals surface area contributed by atoms with Crippen LogP contribution >= 0.6 is 0 Å². The number of hydrogen-bond acceptors (Lipinski definition) is 4. The minimum absolute atomic E-state index is 0.136. The standard InChI is InChI=1S/C15H14N2O3S/c1-17(11-13-2-6-14(18)7-3-13)21(19,20)15-8-4-12(10-16)5-9-15/h2-9,18H,11H2,1H3.